The molecular formula is C15H8F6N2. The number of benzene rings is 2. The maximum Gasteiger partial charge on any atom is 0.416 e. The van der Waals surface area contributed by atoms with Crippen molar-refractivity contribution in [3.05, 3.63) is 59.7 Å². The molecule has 0 fully saturated rings. The van der Waals surface area contributed by atoms with Gasteiger partial charge in [0.15, 0.2) is 0 Å². The van der Waals surface area contributed by atoms with Crippen molar-refractivity contribution in [2.75, 3.05) is 0 Å². The highest BCUT2D eigenvalue weighted by Gasteiger charge is 2.31. The van der Waals surface area contributed by atoms with Crippen LogP contribution in [0, 0.1) is 0 Å². The van der Waals surface area contributed by atoms with Crippen LogP contribution < -0.4 is 0 Å². The van der Waals surface area contributed by atoms with Crippen LogP contribution in [0.2, 0.25) is 0 Å². The van der Waals surface area contributed by atoms with Crippen LogP contribution in [0.5, 0.6) is 0 Å². The first-order valence-corrected chi connectivity index (χ1v) is 6.17. The van der Waals surface area contributed by atoms with Gasteiger partial charge in [-0.3, -0.25) is 0 Å². The van der Waals surface area contributed by atoms with E-state index in [-0.39, 0.29) is 11.4 Å². The molecule has 0 aromatic heterocycles. The Kier molecular flexibility index (Phi) is 4.56. The molecule has 120 valence electrons. The van der Waals surface area contributed by atoms with Crippen molar-refractivity contribution in [1.82, 2.24) is 0 Å². The summed E-state index contributed by atoms with van der Waals surface area (Å²) in [5, 5.41) is 0. The number of hydrogen-bond donors (Lipinski definition) is 0. The minimum atomic E-state index is -4.51. The van der Waals surface area contributed by atoms with E-state index in [0.717, 1.165) is 36.4 Å². The van der Waals surface area contributed by atoms with Crippen LogP contribution in [0.25, 0.3) is 0 Å². The van der Waals surface area contributed by atoms with Crippen molar-refractivity contribution >= 4 is 17.4 Å². The van der Waals surface area contributed by atoms with E-state index in [2.05, 4.69) is 16.0 Å². The summed E-state index contributed by atoms with van der Waals surface area (Å²) in [6.07, 6.45) is -9.02. The van der Waals surface area contributed by atoms with Gasteiger partial charge >= 0.3 is 12.4 Å². The molecule has 2 aromatic rings. The van der Waals surface area contributed by atoms with E-state index >= 15 is 0 Å². The summed E-state index contributed by atoms with van der Waals surface area (Å²) >= 11 is 0. The molecule has 0 heterocycles. The second-order valence-corrected chi connectivity index (χ2v) is 4.42. The van der Waals surface area contributed by atoms with Gasteiger partial charge in [-0.25, -0.2) is 0 Å². The summed E-state index contributed by atoms with van der Waals surface area (Å²) in [5.74, 6) is 0. The highest BCUT2D eigenvalue weighted by Crippen LogP contribution is 2.32. The molecular weight excluding hydrogens is 322 g/mol. The predicted molar refractivity (Wildman–Crippen MR) is 72.1 cm³/mol. The molecule has 0 radical (unpaired) electrons. The summed E-state index contributed by atoms with van der Waals surface area (Å²) in [6, 6.07) is 10.3. The third-order valence-corrected chi connectivity index (χ3v) is 2.71. The SMILES string of the molecule is FC(F)(F)c1cccc(N=C=Nc2cccc(C(F)(F)F)c2)c1. The van der Waals surface area contributed by atoms with Crippen LogP contribution in [0.4, 0.5) is 37.7 Å². The Morgan fingerprint density at radius 3 is 1.39 bits per heavy atom. The van der Waals surface area contributed by atoms with E-state index < -0.39 is 23.5 Å². The maximum atomic E-state index is 12.5. The Balaban J connectivity index is 2.25. The van der Waals surface area contributed by atoms with Crippen LogP contribution in [-0.4, -0.2) is 6.01 Å². The Morgan fingerprint density at radius 2 is 1.04 bits per heavy atom. The van der Waals surface area contributed by atoms with Crippen LogP contribution in [0.1, 0.15) is 11.1 Å². The Morgan fingerprint density at radius 1 is 0.652 bits per heavy atom. The van der Waals surface area contributed by atoms with E-state index in [1.165, 1.54) is 12.1 Å². The van der Waals surface area contributed by atoms with Gasteiger partial charge in [0.05, 0.1) is 22.5 Å². The van der Waals surface area contributed by atoms with Gasteiger partial charge in [-0.1, -0.05) is 12.1 Å². The van der Waals surface area contributed by atoms with E-state index in [4.69, 9.17) is 0 Å². The van der Waals surface area contributed by atoms with Gasteiger partial charge in [0.1, 0.15) is 6.01 Å². The highest BCUT2D eigenvalue weighted by molar-refractivity contribution is 5.58. The summed E-state index contributed by atoms with van der Waals surface area (Å²) < 4.78 is 75.1. The zero-order valence-corrected chi connectivity index (χ0v) is 11.3. The van der Waals surface area contributed by atoms with Gasteiger partial charge in [-0.2, -0.15) is 36.3 Å². The minimum absolute atomic E-state index is 0.0597. The molecule has 0 N–H and O–H groups in total. The Bertz CT molecular complexity index is 694. The van der Waals surface area contributed by atoms with Crippen LogP contribution in [0.3, 0.4) is 0 Å². The fourth-order valence-electron chi connectivity index (χ4n) is 1.64. The lowest BCUT2D eigenvalue weighted by molar-refractivity contribution is -0.138. The molecule has 0 bridgehead atoms. The summed E-state index contributed by atoms with van der Waals surface area (Å²) in [7, 11) is 0. The van der Waals surface area contributed by atoms with Crippen molar-refractivity contribution in [2.24, 2.45) is 9.98 Å². The number of hydrogen-bond acceptors (Lipinski definition) is 2. The third kappa shape index (κ3) is 4.69. The number of aliphatic imine (C=N–C) groups is 2. The molecule has 2 rings (SSSR count). The molecule has 8 heteroatoms. The van der Waals surface area contributed by atoms with Crippen molar-refractivity contribution in [3.8, 4) is 0 Å². The zero-order chi connectivity index (χ0) is 17.1. The molecule has 0 aliphatic heterocycles. The van der Waals surface area contributed by atoms with E-state index in [0.29, 0.717) is 0 Å². The average Bonchev–Trinajstić information content (AvgIpc) is 2.46. The average molecular weight is 330 g/mol. The molecule has 2 nitrogen and oxygen atoms in total. The van der Waals surface area contributed by atoms with Crippen molar-refractivity contribution in [3.63, 3.8) is 0 Å². The standard InChI is InChI=1S/C15H8F6N2/c16-14(17,18)10-3-1-5-12(7-10)22-9-23-13-6-2-4-11(8-13)15(19,20)21/h1-8H. The molecule has 2 aromatic carbocycles. The number of alkyl halides is 6. The predicted octanol–water partition coefficient (Wildman–Crippen LogP) is 5.86. The fraction of sp³-hybridized carbons (Fsp3) is 0.133. The zero-order valence-electron chi connectivity index (χ0n) is 11.3. The van der Waals surface area contributed by atoms with Crippen LogP contribution in [0.15, 0.2) is 58.5 Å². The second kappa shape index (κ2) is 6.26. The Hall–Kier alpha value is -2.60. The lowest BCUT2D eigenvalue weighted by Crippen LogP contribution is -2.03. The van der Waals surface area contributed by atoms with Crippen molar-refractivity contribution < 1.29 is 26.3 Å². The van der Waals surface area contributed by atoms with E-state index in [9.17, 15) is 26.3 Å². The summed E-state index contributed by atoms with van der Waals surface area (Å²) in [5.41, 5.74) is -1.90. The van der Waals surface area contributed by atoms with E-state index in [1.54, 1.807) is 0 Å². The minimum Gasteiger partial charge on any atom is -0.188 e. The van der Waals surface area contributed by atoms with Gasteiger partial charge in [0.2, 0.25) is 0 Å². The normalized spacial score (nSPS) is 11.7. The first kappa shape index (κ1) is 16.8. The van der Waals surface area contributed by atoms with Crippen LogP contribution >= 0.6 is 0 Å². The fourth-order valence-corrected chi connectivity index (χ4v) is 1.64. The van der Waals surface area contributed by atoms with Crippen LogP contribution in [-0.2, 0) is 12.4 Å². The Labute approximate surface area is 126 Å². The lowest BCUT2D eigenvalue weighted by Gasteiger charge is -2.06. The molecule has 23 heavy (non-hydrogen) atoms. The molecule has 0 aliphatic carbocycles. The molecule has 0 unspecified atom stereocenters. The van der Waals surface area contributed by atoms with Gasteiger partial charge in [0, 0.05) is 0 Å². The monoisotopic (exact) mass is 330 g/mol. The van der Waals surface area contributed by atoms with Gasteiger partial charge in [-0.15, -0.1) is 0 Å². The summed E-state index contributed by atoms with van der Waals surface area (Å²) in [6.45, 7) is 0. The molecule has 0 atom stereocenters. The molecule has 0 saturated carbocycles. The molecule has 0 spiro atoms. The molecule has 0 amide bonds. The number of halogens is 6. The van der Waals surface area contributed by atoms with Gasteiger partial charge in [0.25, 0.3) is 0 Å². The first-order valence-electron chi connectivity index (χ1n) is 6.17. The van der Waals surface area contributed by atoms with Gasteiger partial charge in [-0.05, 0) is 36.4 Å². The highest BCUT2D eigenvalue weighted by atomic mass is 19.4. The summed E-state index contributed by atoms with van der Waals surface area (Å²) in [4.78, 5) is 7.14. The molecule has 0 saturated heterocycles. The van der Waals surface area contributed by atoms with Crippen molar-refractivity contribution in [2.45, 2.75) is 12.4 Å². The van der Waals surface area contributed by atoms with Crippen molar-refractivity contribution in [1.29, 1.82) is 0 Å². The second-order valence-electron chi connectivity index (χ2n) is 4.42. The topological polar surface area (TPSA) is 24.7 Å². The number of nitrogens with zero attached hydrogens (tertiary/aromatic N) is 2. The largest absolute Gasteiger partial charge is 0.416 e. The quantitative estimate of drug-likeness (QED) is 0.486. The first-order chi connectivity index (χ1) is 10.7. The maximum absolute atomic E-state index is 12.5. The smallest absolute Gasteiger partial charge is 0.188 e. The number of rotatable bonds is 2. The molecule has 0 aliphatic rings. The lowest BCUT2D eigenvalue weighted by atomic mass is 10.2. The van der Waals surface area contributed by atoms with E-state index in [1.807, 2.05) is 0 Å². The third-order valence-electron chi connectivity index (χ3n) is 2.71. The van der Waals surface area contributed by atoms with Gasteiger partial charge < -0.3 is 0 Å².